The van der Waals surface area contributed by atoms with Gasteiger partial charge in [0.25, 0.3) is 5.56 Å². The molecule has 0 unspecified atom stereocenters. The zero-order chi connectivity index (χ0) is 14.0. The highest BCUT2D eigenvalue weighted by atomic mass is 32.1. The molecule has 0 aliphatic rings. The first-order chi connectivity index (χ1) is 8.95. The van der Waals surface area contributed by atoms with Gasteiger partial charge in [0.15, 0.2) is 0 Å². The molecule has 2 aromatic heterocycles. The third kappa shape index (κ3) is 3.37. The summed E-state index contributed by atoms with van der Waals surface area (Å²) in [5.41, 5.74) is 0.190. The van der Waals surface area contributed by atoms with Gasteiger partial charge in [-0.25, -0.2) is 4.98 Å². The average Bonchev–Trinajstić information content (AvgIpc) is 2.67. The number of nitrogens with zero attached hydrogens (tertiary/aromatic N) is 3. The van der Waals surface area contributed by atoms with Crippen LogP contribution in [0.15, 0.2) is 10.9 Å². The standard InChI is InChI=1S/C12H15N3O3S/c1-7(2)4-11(17)18-6-9-5-10(16)15-12(13-9)19-8(3)14-15/h5,7H,4,6H2,1-3H3. The highest BCUT2D eigenvalue weighted by molar-refractivity contribution is 7.16. The zero-order valence-electron chi connectivity index (χ0n) is 11.0. The molecule has 0 aromatic carbocycles. The molecule has 2 rings (SSSR count). The van der Waals surface area contributed by atoms with Crippen LogP contribution in [0.1, 0.15) is 31.0 Å². The molecular weight excluding hydrogens is 266 g/mol. The first-order valence-electron chi connectivity index (χ1n) is 5.97. The van der Waals surface area contributed by atoms with Crippen LogP contribution in [0.25, 0.3) is 4.96 Å². The molecule has 0 aliphatic heterocycles. The number of esters is 1. The molecule has 0 fully saturated rings. The molecule has 2 aromatic rings. The van der Waals surface area contributed by atoms with E-state index in [9.17, 15) is 9.59 Å². The lowest BCUT2D eigenvalue weighted by Gasteiger charge is -2.05. The predicted molar refractivity (Wildman–Crippen MR) is 71.1 cm³/mol. The van der Waals surface area contributed by atoms with Crippen molar-refractivity contribution in [2.75, 3.05) is 0 Å². The van der Waals surface area contributed by atoms with Gasteiger partial charge in [-0.05, 0) is 12.8 Å². The van der Waals surface area contributed by atoms with Crippen LogP contribution in [0.3, 0.4) is 0 Å². The summed E-state index contributed by atoms with van der Waals surface area (Å²) >= 11 is 1.33. The summed E-state index contributed by atoms with van der Waals surface area (Å²) in [6, 6.07) is 1.34. The third-order valence-corrected chi connectivity index (χ3v) is 3.18. The summed E-state index contributed by atoms with van der Waals surface area (Å²) < 4.78 is 6.33. The van der Waals surface area contributed by atoms with Gasteiger partial charge in [-0.15, -0.1) is 0 Å². The Bertz CT molecular complexity index is 660. The summed E-state index contributed by atoms with van der Waals surface area (Å²) in [5.74, 6) is -0.0322. The van der Waals surface area contributed by atoms with Crippen LogP contribution in [0.4, 0.5) is 0 Å². The Labute approximate surface area is 114 Å². The van der Waals surface area contributed by atoms with Crippen molar-refractivity contribution in [1.82, 2.24) is 14.6 Å². The Balaban J connectivity index is 2.13. The number of aromatic nitrogens is 3. The van der Waals surface area contributed by atoms with Crippen LogP contribution < -0.4 is 5.56 Å². The maximum Gasteiger partial charge on any atom is 0.306 e. The lowest BCUT2D eigenvalue weighted by molar-refractivity contribution is -0.145. The van der Waals surface area contributed by atoms with Crippen molar-refractivity contribution in [2.45, 2.75) is 33.8 Å². The van der Waals surface area contributed by atoms with Gasteiger partial charge in [-0.1, -0.05) is 25.2 Å². The van der Waals surface area contributed by atoms with Crippen LogP contribution in [0.5, 0.6) is 0 Å². The molecule has 6 nitrogen and oxygen atoms in total. The number of carbonyl (C=O) groups is 1. The second kappa shape index (κ2) is 5.48. The topological polar surface area (TPSA) is 73.6 Å². The van der Waals surface area contributed by atoms with Crippen LogP contribution in [-0.2, 0) is 16.1 Å². The highest BCUT2D eigenvalue weighted by Crippen LogP contribution is 2.10. The summed E-state index contributed by atoms with van der Waals surface area (Å²) in [6.07, 6.45) is 0.362. The number of ether oxygens (including phenoxy) is 1. The van der Waals surface area contributed by atoms with Gasteiger partial charge in [0.05, 0.1) is 5.69 Å². The average molecular weight is 281 g/mol. The van der Waals surface area contributed by atoms with Gasteiger partial charge in [0, 0.05) is 12.5 Å². The Hall–Kier alpha value is -1.76. The molecule has 0 saturated carbocycles. The fourth-order valence-electron chi connectivity index (χ4n) is 1.57. The van der Waals surface area contributed by atoms with Crippen molar-refractivity contribution in [3.63, 3.8) is 0 Å². The minimum atomic E-state index is -0.280. The van der Waals surface area contributed by atoms with E-state index < -0.39 is 0 Å². The summed E-state index contributed by atoms with van der Waals surface area (Å²) in [6.45, 7) is 5.71. The van der Waals surface area contributed by atoms with Crippen molar-refractivity contribution in [2.24, 2.45) is 5.92 Å². The van der Waals surface area contributed by atoms with Gasteiger partial charge >= 0.3 is 5.97 Å². The Morgan fingerprint density at radius 1 is 1.53 bits per heavy atom. The molecule has 0 saturated heterocycles. The minimum Gasteiger partial charge on any atom is -0.459 e. The molecule has 0 spiro atoms. The lowest BCUT2D eigenvalue weighted by Crippen LogP contribution is -2.16. The van der Waals surface area contributed by atoms with E-state index in [1.807, 2.05) is 13.8 Å². The van der Waals surface area contributed by atoms with E-state index in [1.165, 1.54) is 21.9 Å². The van der Waals surface area contributed by atoms with Gasteiger partial charge in [-0.2, -0.15) is 9.61 Å². The number of hydrogen-bond acceptors (Lipinski definition) is 6. The zero-order valence-corrected chi connectivity index (χ0v) is 11.9. The van der Waals surface area contributed by atoms with E-state index in [4.69, 9.17) is 4.74 Å². The second-order valence-electron chi connectivity index (χ2n) is 4.66. The van der Waals surface area contributed by atoms with Crippen molar-refractivity contribution in [1.29, 1.82) is 0 Å². The van der Waals surface area contributed by atoms with Crippen LogP contribution in [-0.4, -0.2) is 20.6 Å². The van der Waals surface area contributed by atoms with Gasteiger partial charge in [0.1, 0.15) is 11.6 Å². The predicted octanol–water partition coefficient (Wildman–Crippen LogP) is 1.55. The molecule has 19 heavy (non-hydrogen) atoms. The van der Waals surface area contributed by atoms with E-state index in [0.717, 1.165) is 5.01 Å². The Kier molecular flexibility index (Phi) is 3.94. The summed E-state index contributed by atoms with van der Waals surface area (Å²) in [7, 11) is 0. The second-order valence-corrected chi connectivity index (χ2v) is 5.82. The molecule has 2 heterocycles. The molecule has 0 N–H and O–H groups in total. The number of aryl methyl sites for hydroxylation is 1. The molecular formula is C12H15N3O3S. The number of fused-ring (bicyclic) bond motifs is 1. The van der Waals surface area contributed by atoms with Crippen LogP contribution in [0.2, 0.25) is 0 Å². The van der Waals surface area contributed by atoms with Crippen molar-refractivity contribution < 1.29 is 9.53 Å². The van der Waals surface area contributed by atoms with Crippen LogP contribution >= 0.6 is 11.3 Å². The maximum atomic E-state index is 11.8. The Morgan fingerprint density at radius 2 is 2.26 bits per heavy atom. The number of rotatable bonds is 4. The molecule has 0 bridgehead atoms. The van der Waals surface area contributed by atoms with Crippen molar-refractivity contribution >= 4 is 22.3 Å². The molecule has 0 atom stereocenters. The van der Waals surface area contributed by atoms with E-state index in [2.05, 4.69) is 10.1 Å². The third-order valence-electron chi connectivity index (χ3n) is 2.36. The first kappa shape index (κ1) is 13.7. The monoisotopic (exact) mass is 281 g/mol. The fourth-order valence-corrected chi connectivity index (χ4v) is 2.34. The number of carbonyl (C=O) groups excluding carboxylic acids is 1. The normalized spacial score (nSPS) is 11.2. The van der Waals surface area contributed by atoms with Gasteiger partial charge < -0.3 is 4.74 Å². The Morgan fingerprint density at radius 3 is 2.95 bits per heavy atom. The van der Waals surface area contributed by atoms with Crippen molar-refractivity contribution in [3.8, 4) is 0 Å². The van der Waals surface area contributed by atoms with Gasteiger partial charge in [-0.3, -0.25) is 9.59 Å². The molecule has 0 radical (unpaired) electrons. The molecule has 0 aliphatic carbocycles. The molecule has 0 amide bonds. The fraction of sp³-hybridized carbons (Fsp3) is 0.500. The van der Waals surface area contributed by atoms with E-state index in [1.54, 1.807) is 6.92 Å². The minimum absolute atomic E-state index is 0.0221. The van der Waals surface area contributed by atoms with Crippen LogP contribution in [0, 0.1) is 12.8 Å². The smallest absolute Gasteiger partial charge is 0.306 e. The molecule has 102 valence electrons. The van der Waals surface area contributed by atoms with E-state index >= 15 is 0 Å². The summed E-state index contributed by atoms with van der Waals surface area (Å²) in [4.78, 5) is 28.0. The maximum absolute atomic E-state index is 11.8. The van der Waals surface area contributed by atoms with Gasteiger partial charge in [0.2, 0.25) is 4.96 Å². The molecule has 7 heteroatoms. The number of hydrogen-bond donors (Lipinski definition) is 0. The summed E-state index contributed by atoms with van der Waals surface area (Å²) in [5, 5.41) is 4.80. The lowest BCUT2D eigenvalue weighted by atomic mass is 10.1. The highest BCUT2D eigenvalue weighted by Gasteiger charge is 2.10. The van der Waals surface area contributed by atoms with Crippen molar-refractivity contribution in [3.05, 3.63) is 27.1 Å². The quantitative estimate of drug-likeness (QED) is 0.795. The van der Waals surface area contributed by atoms with E-state index in [-0.39, 0.29) is 24.1 Å². The first-order valence-corrected chi connectivity index (χ1v) is 6.79. The largest absolute Gasteiger partial charge is 0.459 e. The van der Waals surface area contributed by atoms with E-state index in [0.29, 0.717) is 17.1 Å². The SMILES string of the molecule is Cc1nn2c(=O)cc(COC(=O)CC(C)C)nc2s1.